The summed E-state index contributed by atoms with van der Waals surface area (Å²) in [6.07, 6.45) is 2.52. The second kappa shape index (κ2) is 4.59. The molecule has 1 aliphatic rings. The maximum absolute atomic E-state index is 11.4. The van der Waals surface area contributed by atoms with E-state index in [0.717, 1.165) is 11.8 Å². The maximum atomic E-state index is 11.4. The van der Waals surface area contributed by atoms with Gasteiger partial charge in [0, 0.05) is 5.56 Å². The van der Waals surface area contributed by atoms with Gasteiger partial charge in [-0.1, -0.05) is 48.2 Å². The number of benzene rings is 1. The Morgan fingerprint density at radius 3 is 2.31 bits per heavy atom. The fourth-order valence-corrected chi connectivity index (χ4v) is 2.29. The minimum absolute atomic E-state index is 0.172. The molecule has 0 radical (unpaired) electrons. The van der Waals surface area contributed by atoms with E-state index in [9.17, 15) is 9.59 Å². The van der Waals surface area contributed by atoms with Crippen LogP contribution in [0.15, 0.2) is 29.2 Å². The molecule has 1 aliphatic heterocycles. The number of hydrogen-bond donors (Lipinski definition) is 1. The summed E-state index contributed by atoms with van der Waals surface area (Å²) in [6.45, 7) is 0. The number of aldehydes is 1. The van der Waals surface area contributed by atoms with Gasteiger partial charge in [0.05, 0.1) is 4.91 Å². The number of amides is 1. The van der Waals surface area contributed by atoms with Crippen molar-refractivity contribution in [3.8, 4) is 0 Å². The predicted octanol–water partition coefficient (Wildman–Crippen LogP) is 1.99. The minimum atomic E-state index is -0.172. The molecule has 1 heterocycles. The molecule has 1 saturated heterocycles. The Labute approximate surface area is 102 Å². The molecule has 1 aromatic rings. The van der Waals surface area contributed by atoms with Crippen LogP contribution in [0, 0.1) is 0 Å². The quantitative estimate of drug-likeness (QED) is 0.494. The van der Waals surface area contributed by atoms with Gasteiger partial charge in [0.25, 0.3) is 5.91 Å². The van der Waals surface area contributed by atoms with Gasteiger partial charge in [-0.05, 0) is 11.6 Å². The van der Waals surface area contributed by atoms with Crippen molar-refractivity contribution in [3.05, 3.63) is 40.3 Å². The monoisotopic (exact) mass is 249 g/mol. The molecule has 1 N–H and O–H groups in total. The first-order valence-corrected chi connectivity index (χ1v) is 5.71. The zero-order valence-corrected chi connectivity index (χ0v) is 9.73. The molecule has 0 spiro atoms. The molecule has 0 aromatic heterocycles. The molecule has 1 amide bonds. The summed E-state index contributed by atoms with van der Waals surface area (Å²) < 4.78 is 0.473. The van der Waals surface area contributed by atoms with Crippen molar-refractivity contribution in [3.63, 3.8) is 0 Å². The molecule has 0 aliphatic carbocycles. The van der Waals surface area contributed by atoms with E-state index in [-0.39, 0.29) is 5.91 Å². The molecule has 0 bridgehead atoms. The van der Waals surface area contributed by atoms with E-state index in [4.69, 9.17) is 12.2 Å². The summed E-state index contributed by atoms with van der Waals surface area (Å²) in [4.78, 5) is 22.4. The summed E-state index contributed by atoms with van der Waals surface area (Å²) in [5.41, 5.74) is 1.48. The second-order valence-electron chi connectivity index (χ2n) is 3.14. The Morgan fingerprint density at radius 2 is 1.81 bits per heavy atom. The summed E-state index contributed by atoms with van der Waals surface area (Å²) in [7, 11) is 0. The standard InChI is InChI=1S/C11H7NO2S2/c13-6-8-3-1-7(2-4-8)5-9-10(14)12-11(15)16-9/h1-6H,(H,12,14,15)/b9-5+. The highest BCUT2D eigenvalue weighted by molar-refractivity contribution is 8.26. The van der Waals surface area contributed by atoms with Gasteiger partial charge >= 0.3 is 0 Å². The molecule has 0 atom stereocenters. The lowest BCUT2D eigenvalue weighted by Crippen LogP contribution is -2.17. The van der Waals surface area contributed by atoms with Gasteiger partial charge in [-0.3, -0.25) is 9.59 Å². The summed E-state index contributed by atoms with van der Waals surface area (Å²) >= 11 is 6.11. The summed E-state index contributed by atoms with van der Waals surface area (Å²) in [5.74, 6) is -0.172. The Kier molecular flexibility index (Phi) is 3.17. The van der Waals surface area contributed by atoms with E-state index in [1.165, 1.54) is 11.8 Å². The Bertz CT molecular complexity index is 491. The SMILES string of the molecule is O=Cc1ccc(/C=C2/SC(=S)NC2=O)cc1. The molecule has 0 saturated carbocycles. The third kappa shape index (κ3) is 2.37. The normalized spacial score (nSPS) is 17.6. The molecule has 3 nitrogen and oxygen atoms in total. The summed E-state index contributed by atoms with van der Waals surface area (Å²) in [6, 6.07) is 6.97. The third-order valence-electron chi connectivity index (χ3n) is 2.01. The first-order chi connectivity index (χ1) is 7.69. The van der Waals surface area contributed by atoms with Gasteiger partial charge in [-0.2, -0.15) is 0 Å². The van der Waals surface area contributed by atoms with Crippen molar-refractivity contribution >= 4 is 46.6 Å². The van der Waals surface area contributed by atoms with Crippen molar-refractivity contribution in [1.29, 1.82) is 0 Å². The van der Waals surface area contributed by atoms with Crippen molar-refractivity contribution in [1.82, 2.24) is 5.32 Å². The van der Waals surface area contributed by atoms with E-state index in [1.807, 2.05) is 0 Å². The lowest BCUT2D eigenvalue weighted by Gasteiger charge is -1.95. The fraction of sp³-hybridized carbons (Fsp3) is 0. The van der Waals surface area contributed by atoms with Crippen LogP contribution in [0.5, 0.6) is 0 Å². The Hall–Kier alpha value is -1.46. The van der Waals surface area contributed by atoms with Gasteiger partial charge in [0.2, 0.25) is 0 Å². The zero-order chi connectivity index (χ0) is 11.5. The third-order valence-corrected chi connectivity index (χ3v) is 3.18. The fourth-order valence-electron chi connectivity index (χ4n) is 1.24. The lowest BCUT2D eigenvalue weighted by atomic mass is 10.1. The van der Waals surface area contributed by atoms with Gasteiger partial charge in [-0.25, -0.2) is 0 Å². The molecule has 16 heavy (non-hydrogen) atoms. The highest BCUT2D eigenvalue weighted by Crippen LogP contribution is 2.25. The number of carbonyl (C=O) groups excluding carboxylic acids is 2. The van der Waals surface area contributed by atoms with Crippen molar-refractivity contribution in [2.75, 3.05) is 0 Å². The van der Waals surface area contributed by atoms with Gasteiger partial charge in [0.15, 0.2) is 0 Å². The van der Waals surface area contributed by atoms with Crippen LogP contribution in [0.4, 0.5) is 0 Å². The topological polar surface area (TPSA) is 46.2 Å². The zero-order valence-electron chi connectivity index (χ0n) is 8.10. The highest BCUT2D eigenvalue weighted by Gasteiger charge is 2.21. The number of nitrogens with one attached hydrogen (secondary N) is 1. The molecular weight excluding hydrogens is 242 g/mol. The summed E-state index contributed by atoms with van der Waals surface area (Å²) in [5, 5.41) is 2.54. The number of thioether (sulfide) groups is 1. The predicted molar refractivity (Wildman–Crippen MR) is 68.1 cm³/mol. The molecule has 2 rings (SSSR count). The van der Waals surface area contributed by atoms with Crippen molar-refractivity contribution < 1.29 is 9.59 Å². The van der Waals surface area contributed by atoms with Crippen LogP contribution in [-0.2, 0) is 4.79 Å². The Morgan fingerprint density at radius 1 is 1.19 bits per heavy atom. The molecule has 5 heteroatoms. The van der Waals surface area contributed by atoms with Crippen LogP contribution < -0.4 is 5.32 Å². The molecule has 1 aromatic carbocycles. The lowest BCUT2D eigenvalue weighted by molar-refractivity contribution is -0.115. The van der Waals surface area contributed by atoms with Crippen LogP contribution in [0.3, 0.4) is 0 Å². The maximum Gasteiger partial charge on any atom is 0.263 e. The van der Waals surface area contributed by atoms with E-state index in [2.05, 4.69) is 5.32 Å². The molecular formula is C11H7NO2S2. The highest BCUT2D eigenvalue weighted by atomic mass is 32.2. The average Bonchev–Trinajstić information content (AvgIpc) is 2.59. The van der Waals surface area contributed by atoms with Gasteiger partial charge < -0.3 is 5.32 Å². The number of thiocarbonyl (C=S) groups is 1. The second-order valence-corrected chi connectivity index (χ2v) is 4.86. The average molecular weight is 249 g/mol. The first kappa shape index (κ1) is 11.0. The van der Waals surface area contributed by atoms with Crippen LogP contribution in [0.25, 0.3) is 6.08 Å². The molecule has 80 valence electrons. The number of rotatable bonds is 2. The van der Waals surface area contributed by atoms with Gasteiger partial charge in [-0.15, -0.1) is 0 Å². The van der Waals surface area contributed by atoms with Crippen LogP contribution in [-0.4, -0.2) is 16.5 Å². The van der Waals surface area contributed by atoms with E-state index in [0.29, 0.717) is 14.8 Å². The molecule has 0 unspecified atom stereocenters. The number of hydrogen-bond acceptors (Lipinski definition) is 4. The van der Waals surface area contributed by atoms with Crippen molar-refractivity contribution in [2.45, 2.75) is 0 Å². The van der Waals surface area contributed by atoms with Crippen LogP contribution >= 0.6 is 24.0 Å². The van der Waals surface area contributed by atoms with Gasteiger partial charge in [0.1, 0.15) is 10.6 Å². The van der Waals surface area contributed by atoms with E-state index >= 15 is 0 Å². The number of carbonyl (C=O) groups is 2. The van der Waals surface area contributed by atoms with Crippen LogP contribution in [0.2, 0.25) is 0 Å². The Balaban J connectivity index is 2.25. The first-order valence-electron chi connectivity index (χ1n) is 4.49. The smallest absolute Gasteiger partial charge is 0.263 e. The van der Waals surface area contributed by atoms with E-state index in [1.54, 1.807) is 30.3 Å². The molecule has 1 fully saturated rings. The van der Waals surface area contributed by atoms with E-state index < -0.39 is 0 Å². The largest absolute Gasteiger partial charge is 0.307 e. The van der Waals surface area contributed by atoms with Crippen molar-refractivity contribution in [2.24, 2.45) is 0 Å². The minimum Gasteiger partial charge on any atom is -0.307 e. The van der Waals surface area contributed by atoms with Crippen LogP contribution in [0.1, 0.15) is 15.9 Å².